The first-order chi connectivity index (χ1) is 15.1. The average molecular weight is 421 g/mol. The van der Waals surface area contributed by atoms with Gasteiger partial charge in [0, 0.05) is 19.3 Å². The fourth-order valence-electron chi connectivity index (χ4n) is 3.01. The number of hydrogen-bond acceptors (Lipinski definition) is 5. The van der Waals surface area contributed by atoms with E-state index in [0.717, 1.165) is 42.9 Å². The lowest BCUT2D eigenvalue weighted by atomic mass is 9.98. The number of nitrogen functional groups attached to an aromatic ring is 1. The van der Waals surface area contributed by atoms with Crippen molar-refractivity contribution < 1.29 is 9.90 Å². The number of pyridine rings is 1. The monoisotopic (exact) mass is 420 g/mol. The van der Waals surface area contributed by atoms with E-state index in [4.69, 9.17) is 10.8 Å². The summed E-state index contributed by atoms with van der Waals surface area (Å²) in [5.41, 5.74) is 8.65. The normalized spacial score (nSPS) is 11.1. The Morgan fingerprint density at radius 2 is 1.74 bits per heavy atom. The SMILES string of the molecule is CC(CNCCCNc1cccnc1N)c1cccc(CC(=O)O)c1.c1ccccc1. The highest BCUT2D eigenvalue weighted by Crippen LogP contribution is 2.16. The van der Waals surface area contributed by atoms with Crippen LogP contribution in [0.1, 0.15) is 30.4 Å². The van der Waals surface area contributed by atoms with Gasteiger partial charge in [0.05, 0.1) is 12.1 Å². The van der Waals surface area contributed by atoms with Crippen LogP contribution in [0.25, 0.3) is 0 Å². The van der Waals surface area contributed by atoms with Crippen LogP contribution in [0.2, 0.25) is 0 Å². The highest BCUT2D eigenvalue weighted by Gasteiger charge is 2.07. The van der Waals surface area contributed by atoms with Crippen LogP contribution in [0.5, 0.6) is 0 Å². The third kappa shape index (κ3) is 9.78. The van der Waals surface area contributed by atoms with Gasteiger partial charge >= 0.3 is 5.97 Å². The van der Waals surface area contributed by atoms with Gasteiger partial charge in [0.15, 0.2) is 0 Å². The van der Waals surface area contributed by atoms with Gasteiger partial charge in [0.2, 0.25) is 0 Å². The Morgan fingerprint density at radius 1 is 1.03 bits per heavy atom. The predicted molar refractivity (Wildman–Crippen MR) is 127 cm³/mol. The van der Waals surface area contributed by atoms with Crippen molar-refractivity contribution in [1.29, 1.82) is 0 Å². The molecule has 3 rings (SSSR count). The molecule has 5 N–H and O–H groups in total. The molecule has 0 bridgehead atoms. The Morgan fingerprint density at radius 3 is 2.39 bits per heavy atom. The summed E-state index contributed by atoms with van der Waals surface area (Å²) in [6.07, 6.45) is 2.71. The molecule has 6 heteroatoms. The molecule has 0 aliphatic heterocycles. The number of nitrogens with two attached hydrogens (primary N) is 1. The standard InChI is InChI=1S/C19H26N4O2.C6H6/c1-14(16-6-2-5-15(11-16)12-18(24)25)13-21-8-4-10-22-17-7-3-9-23-19(17)20;1-2-4-6-5-3-1/h2-3,5-7,9,11,14,21-22H,4,8,10,12-13H2,1H3,(H2,20,23)(H,24,25);1-6H. The summed E-state index contributed by atoms with van der Waals surface area (Å²) < 4.78 is 0. The number of aliphatic carboxylic acids is 1. The van der Waals surface area contributed by atoms with E-state index in [1.54, 1.807) is 6.20 Å². The summed E-state index contributed by atoms with van der Waals surface area (Å²) in [7, 11) is 0. The van der Waals surface area contributed by atoms with Gasteiger partial charge in [-0.3, -0.25) is 4.79 Å². The molecule has 6 nitrogen and oxygen atoms in total. The molecule has 3 aromatic rings. The van der Waals surface area contributed by atoms with Crippen LogP contribution < -0.4 is 16.4 Å². The fraction of sp³-hybridized carbons (Fsp3) is 0.280. The molecule has 164 valence electrons. The zero-order chi connectivity index (χ0) is 22.3. The minimum atomic E-state index is -0.801. The van der Waals surface area contributed by atoms with E-state index >= 15 is 0 Å². The fourth-order valence-corrected chi connectivity index (χ4v) is 3.01. The number of carboxylic acid groups (broad SMARTS) is 1. The van der Waals surface area contributed by atoms with Crippen molar-refractivity contribution in [2.24, 2.45) is 0 Å². The third-order valence-electron chi connectivity index (χ3n) is 4.68. The number of anilines is 2. The smallest absolute Gasteiger partial charge is 0.307 e. The van der Waals surface area contributed by atoms with Crippen molar-refractivity contribution in [2.45, 2.75) is 25.7 Å². The van der Waals surface area contributed by atoms with Crippen molar-refractivity contribution in [3.05, 3.63) is 90.1 Å². The minimum Gasteiger partial charge on any atom is -0.481 e. The minimum absolute atomic E-state index is 0.0666. The number of rotatable bonds is 10. The van der Waals surface area contributed by atoms with Gasteiger partial charge in [-0.25, -0.2) is 4.98 Å². The second kappa shape index (κ2) is 13.8. The van der Waals surface area contributed by atoms with Crippen LogP contribution in [-0.4, -0.2) is 35.7 Å². The molecular weight excluding hydrogens is 388 g/mol. The molecule has 1 aromatic heterocycles. The number of aromatic nitrogens is 1. The van der Waals surface area contributed by atoms with Gasteiger partial charge in [-0.2, -0.15) is 0 Å². The van der Waals surface area contributed by atoms with E-state index in [9.17, 15) is 4.79 Å². The Kier molecular flexibility index (Phi) is 10.6. The Hall–Kier alpha value is -3.38. The first-order valence-electron chi connectivity index (χ1n) is 10.5. The Balaban J connectivity index is 0.000000488. The lowest BCUT2D eigenvalue weighted by Crippen LogP contribution is -2.23. The molecular formula is C25H32N4O2. The molecule has 0 fully saturated rings. The third-order valence-corrected chi connectivity index (χ3v) is 4.68. The molecule has 0 saturated carbocycles. The zero-order valence-corrected chi connectivity index (χ0v) is 18.0. The highest BCUT2D eigenvalue weighted by atomic mass is 16.4. The maximum absolute atomic E-state index is 10.8. The Labute approximate surface area is 184 Å². The van der Waals surface area contributed by atoms with Crippen LogP contribution in [0, 0.1) is 0 Å². The van der Waals surface area contributed by atoms with Crippen LogP contribution >= 0.6 is 0 Å². The van der Waals surface area contributed by atoms with Crippen molar-refractivity contribution in [1.82, 2.24) is 10.3 Å². The van der Waals surface area contributed by atoms with Crippen molar-refractivity contribution in [2.75, 3.05) is 30.7 Å². The molecule has 0 amide bonds. The van der Waals surface area contributed by atoms with E-state index in [1.807, 2.05) is 72.8 Å². The average Bonchev–Trinajstić information content (AvgIpc) is 2.78. The van der Waals surface area contributed by atoms with Crippen LogP contribution in [0.15, 0.2) is 79.0 Å². The molecule has 0 saturated heterocycles. The van der Waals surface area contributed by atoms with Crippen molar-refractivity contribution in [3.63, 3.8) is 0 Å². The summed E-state index contributed by atoms with van der Waals surface area (Å²) in [6, 6.07) is 23.6. The summed E-state index contributed by atoms with van der Waals surface area (Å²) in [5, 5.41) is 15.6. The molecule has 0 radical (unpaired) electrons. The van der Waals surface area contributed by atoms with Crippen LogP contribution in [0.4, 0.5) is 11.5 Å². The number of carbonyl (C=O) groups is 1. The molecule has 31 heavy (non-hydrogen) atoms. The Bertz CT molecular complexity index is 876. The van der Waals surface area contributed by atoms with E-state index in [2.05, 4.69) is 22.5 Å². The summed E-state index contributed by atoms with van der Waals surface area (Å²) >= 11 is 0. The topological polar surface area (TPSA) is 100 Å². The van der Waals surface area contributed by atoms with E-state index < -0.39 is 5.97 Å². The number of benzene rings is 2. The first kappa shape index (κ1) is 23.9. The van der Waals surface area contributed by atoms with Gasteiger partial charge in [0.25, 0.3) is 0 Å². The number of hydrogen-bond donors (Lipinski definition) is 4. The summed E-state index contributed by atoms with van der Waals surface area (Å²) in [4.78, 5) is 14.9. The van der Waals surface area contributed by atoms with Crippen molar-refractivity contribution in [3.8, 4) is 0 Å². The quantitative estimate of drug-likeness (QED) is 0.367. The van der Waals surface area contributed by atoms with Crippen molar-refractivity contribution >= 4 is 17.5 Å². The molecule has 0 aliphatic rings. The van der Waals surface area contributed by atoms with Crippen LogP contribution in [0.3, 0.4) is 0 Å². The van der Waals surface area contributed by atoms with E-state index in [1.165, 1.54) is 0 Å². The number of nitrogens with zero attached hydrogens (tertiary/aromatic N) is 1. The lowest BCUT2D eigenvalue weighted by molar-refractivity contribution is -0.136. The largest absolute Gasteiger partial charge is 0.481 e. The van der Waals surface area contributed by atoms with Gasteiger partial charge in [-0.15, -0.1) is 0 Å². The number of nitrogens with one attached hydrogen (secondary N) is 2. The van der Waals surface area contributed by atoms with E-state index in [-0.39, 0.29) is 6.42 Å². The maximum Gasteiger partial charge on any atom is 0.307 e. The van der Waals surface area contributed by atoms with Crippen LogP contribution in [-0.2, 0) is 11.2 Å². The second-order valence-corrected chi connectivity index (χ2v) is 7.29. The molecule has 1 unspecified atom stereocenters. The molecule has 1 heterocycles. The highest BCUT2D eigenvalue weighted by molar-refractivity contribution is 5.70. The van der Waals surface area contributed by atoms with Gasteiger partial charge in [-0.05, 0) is 42.1 Å². The van der Waals surface area contributed by atoms with Gasteiger partial charge in [0.1, 0.15) is 5.82 Å². The summed E-state index contributed by atoms with van der Waals surface area (Å²) in [5.74, 6) is 0.0469. The molecule has 0 aliphatic carbocycles. The van der Waals surface area contributed by atoms with Gasteiger partial charge in [-0.1, -0.05) is 67.6 Å². The molecule has 1 atom stereocenters. The maximum atomic E-state index is 10.8. The second-order valence-electron chi connectivity index (χ2n) is 7.29. The lowest BCUT2D eigenvalue weighted by Gasteiger charge is -2.14. The van der Waals surface area contributed by atoms with Gasteiger partial charge < -0.3 is 21.5 Å². The molecule has 0 spiro atoms. The first-order valence-corrected chi connectivity index (χ1v) is 10.5. The van der Waals surface area contributed by atoms with E-state index in [0.29, 0.717) is 11.7 Å². The summed E-state index contributed by atoms with van der Waals surface area (Å²) in [6.45, 7) is 4.71. The zero-order valence-electron chi connectivity index (χ0n) is 18.0. The molecule has 2 aromatic carbocycles. The number of carboxylic acids is 1. The predicted octanol–water partition coefficient (Wildman–Crippen LogP) is 4.17.